The van der Waals surface area contributed by atoms with E-state index in [1.54, 1.807) is 0 Å². The summed E-state index contributed by atoms with van der Waals surface area (Å²) in [6, 6.07) is 7.97. The van der Waals surface area contributed by atoms with E-state index >= 15 is 0 Å². The molecular formula is C18H28O2. The van der Waals surface area contributed by atoms with Crippen LogP contribution in [-0.2, 0) is 4.74 Å². The lowest BCUT2D eigenvalue weighted by molar-refractivity contribution is -0.156. The fourth-order valence-corrected chi connectivity index (χ4v) is 1.97. The maximum Gasteiger partial charge on any atom is 0.204 e. The predicted molar refractivity (Wildman–Crippen MR) is 86.0 cm³/mol. The Morgan fingerprint density at radius 1 is 1.10 bits per heavy atom. The second kappa shape index (κ2) is 8.11. The van der Waals surface area contributed by atoms with Gasteiger partial charge < -0.3 is 9.47 Å². The summed E-state index contributed by atoms with van der Waals surface area (Å²) in [5, 5.41) is 0. The Bertz CT molecular complexity index is 404. The molecule has 2 heteroatoms. The largest absolute Gasteiger partial charge is 0.463 e. The summed E-state index contributed by atoms with van der Waals surface area (Å²) in [7, 11) is 0. The summed E-state index contributed by atoms with van der Waals surface area (Å²) in [6.45, 7) is 12.8. The molecule has 0 bridgehead atoms. The Hall–Kier alpha value is -1.28. The minimum Gasteiger partial charge on any atom is -0.463 e. The van der Waals surface area contributed by atoms with Crippen molar-refractivity contribution in [3.8, 4) is 5.75 Å². The molecule has 0 aliphatic heterocycles. The van der Waals surface area contributed by atoms with E-state index in [2.05, 4.69) is 13.5 Å². The van der Waals surface area contributed by atoms with Crippen molar-refractivity contribution in [3.63, 3.8) is 0 Å². The zero-order valence-corrected chi connectivity index (χ0v) is 13.4. The summed E-state index contributed by atoms with van der Waals surface area (Å²) < 4.78 is 11.7. The Balaban J connectivity index is 2.42. The van der Waals surface area contributed by atoms with E-state index in [9.17, 15) is 0 Å². The van der Waals surface area contributed by atoms with Crippen LogP contribution < -0.4 is 4.74 Å². The highest BCUT2D eigenvalue weighted by Gasteiger charge is 2.19. The third-order valence-corrected chi connectivity index (χ3v) is 3.16. The van der Waals surface area contributed by atoms with Crippen molar-refractivity contribution in [2.24, 2.45) is 0 Å². The second-order valence-electron chi connectivity index (χ2n) is 5.72. The molecule has 1 aromatic rings. The smallest absolute Gasteiger partial charge is 0.204 e. The maximum atomic E-state index is 5.89. The molecule has 0 spiro atoms. The zero-order chi connectivity index (χ0) is 15.0. The number of hydrogen-bond donors (Lipinski definition) is 0. The Morgan fingerprint density at radius 3 is 2.30 bits per heavy atom. The number of allylic oxidation sites excluding steroid dienone is 1. The van der Waals surface area contributed by atoms with Gasteiger partial charge in [0.15, 0.2) is 0 Å². The average Bonchev–Trinajstić information content (AvgIpc) is 2.38. The van der Waals surface area contributed by atoms with Gasteiger partial charge in [-0.1, -0.05) is 50.5 Å². The number of ether oxygens (including phenoxy) is 2. The summed E-state index contributed by atoms with van der Waals surface area (Å²) in [4.78, 5) is 0. The molecule has 0 unspecified atom stereocenters. The van der Waals surface area contributed by atoms with Crippen LogP contribution >= 0.6 is 0 Å². The standard InChI is InChI=1S/C18H28O2/c1-6-7-8-9-14-19-18(4,5)20-17-12-10-16(11-13-17)15(2)3/h10-13H,2,6-9,14H2,1,3-5H3. The lowest BCUT2D eigenvalue weighted by Crippen LogP contribution is -2.32. The first-order valence-corrected chi connectivity index (χ1v) is 7.53. The van der Waals surface area contributed by atoms with Crippen molar-refractivity contribution < 1.29 is 9.47 Å². The van der Waals surface area contributed by atoms with Gasteiger partial charge in [-0.2, -0.15) is 0 Å². The highest BCUT2D eigenvalue weighted by atomic mass is 16.7. The van der Waals surface area contributed by atoms with E-state index in [1.807, 2.05) is 45.0 Å². The number of unbranched alkanes of at least 4 members (excludes halogenated alkanes) is 3. The van der Waals surface area contributed by atoms with Crippen LogP contribution in [0, 0.1) is 0 Å². The van der Waals surface area contributed by atoms with Gasteiger partial charge >= 0.3 is 0 Å². The van der Waals surface area contributed by atoms with E-state index in [0.717, 1.165) is 29.9 Å². The van der Waals surface area contributed by atoms with Gasteiger partial charge in [0, 0.05) is 13.8 Å². The highest BCUT2D eigenvalue weighted by molar-refractivity contribution is 5.61. The van der Waals surface area contributed by atoms with Crippen LogP contribution in [0.4, 0.5) is 0 Å². The molecule has 1 rings (SSSR count). The van der Waals surface area contributed by atoms with Crippen molar-refractivity contribution in [2.45, 2.75) is 59.2 Å². The molecule has 0 saturated heterocycles. The third-order valence-electron chi connectivity index (χ3n) is 3.16. The van der Waals surface area contributed by atoms with E-state index in [1.165, 1.54) is 19.3 Å². The van der Waals surface area contributed by atoms with Gasteiger partial charge in [-0.15, -0.1) is 0 Å². The van der Waals surface area contributed by atoms with Gasteiger partial charge in [0.1, 0.15) is 5.75 Å². The normalized spacial score (nSPS) is 11.4. The van der Waals surface area contributed by atoms with Crippen LogP contribution in [-0.4, -0.2) is 12.4 Å². The molecule has 2 nitrogen and oxygen atoms in total. The van der Waals surface area contributed by atoms with Crippen molar-refractivity contribution >= 4 is 5.57 Å². The van der Waals surface area contributed by atoms with E-state index < -0.39 is 5.79 Å². The van der Waals surface area contributed by atoms with E-state index in [0.29, 0.717) is 0 Å². The average molecular weight is 276 g/mol. The summed E-state index contributed by atoms with van der Waals surface area (Å²) in [5.74, 6) is 0.241. The van der Waals surface area contributed by atoms with Crippen molar-refractivity contribution in [1.82, 2.24) is 0 Å². The number of hydrogen-bond acceptors (Lipinski definition) is 2. The molecule has 0 heterocycles. The fourth-order valence-electron chi connectivity index (χ4n) is 1.97. The minimum atomic E-state index is -0.586. The van der Waals surface area contributed by atoms with Crippen molar-refractivity contribution in [3.05, 3.63) is 36.4 Å². The molecular weight excluding hydrogens is 248 g/mol. The van der Waals surface area contributed by atoms with Crippen LogP contribution in [0.25, 0.3) is 5.57 Å². The molecule has 112 valence electrons. The lowest BCUT2D eigenvalue weighted by Gasteiger charge is -2.26. The van der Waals surface area contributed by atoms with Crippen LogP contribution in [0.2, 0.25) is 0 Å². The van der Waals surface area contributed by atoms with Gasteiger partial charge in [-0.3, -0.25) is 0 Å². The minimum absolute atomic E-state index is 0.586. The molecule has 0 aliphatic rings. The van der Waals surface area contributed by atoms with Crippen LogP contribution in [0.15, 0.2) is 30.8 Å². The van der Waals surface area contributed by atoms with Gasteiger partial charge in [0.2, 0.25) is 5.79 Å². The lowest BCUT2D eigenvalue weighted by atomic mass is 10.1. The Kier molecular flexibility index (Phi) is 6.80. The van der Waals surface area contributed by atoms with E-state index in [-0.39, 0.29) is 0 Å². The molecule has 0 saturated carbocycles. The summed E-state index contributed by atoms with van der Waals surface area (Å²) in [6.07, 6.45) is 4.83. The molecule has 0 N–H and O–H groups in total. The molecule has 0 atom stereocenters. The summed E-state index contributed by atoms with van der Waals surface area (Å²) in [5.41, 5.74) is 2.19. The predicted octanol–water partition coefficient (Wildman–Crippen LogP) is 5.43. The second-order valence-corrected chi connectivity index (χ2v) is 5.72. The van der Waals surface area contributed by atoms with E-state index in [4.69, 9.17) is 9.47 Å². The monoisotopic (exact) mass is 276 g/mol. The first kappa shape index (κ1) is 16.8. The topological polar surface area (TPSA) is 18.5 Å². The molecule has 20 heavy (non-hydrogen) atoms. The molecule has 0 aromatic heterocycles. The van der Waals surface area contributed by atoms with Crippen LogP contribution in [0.5, 0.6) is 5.75 Å². The maximum absolute atomic E-state index is 5.89. The molecule has 1 aromatic carbocycles. The molecule has 0 aliphatic carbocycles. The number of benzene rings is 1. The Labute approximate surface area is 123 Å². The highest BCUT2D eigenvalue weighted by Crippen LogP contribution is 2.22. The van der Waals surface area contributed by atoms with Gasteiger partial charge in [-0.25, -0.2) is 0 Å². The van der Waals surface area contributed by atoms with Crippen LogP contribution in [0.1, 0.15) is 58.9 Å². The summed E-state index contributed by atoms with van der Waals surface area (Å²) >= 11 is 0. The van der Waals surface area contributed by atoms with Crippen molar-refractivity contribution in [1.29, 1.82) is 0 Å². The first-order valence-electron chi connectivity index (χ1n) is 7.53. The van der Waals surface area contributed by atoms with Crippen molar-refractivity contribution in [2.75, 3.05) is 6.61 Å². The van der Waals surface area contributed by atoms with Gasteiger partial charge in [-0.05, 0) is 31.0 Å². The third kappa shape index (κ3) is 6.25. The van der Waals surface area contributed by atoms with Gasteiger partial charge in [0.25, 0.3) is 0 Å². The zero-order valence-electron chi connectivity index (χ0n) is 13.4. The van der Waals surface area contributed by atoms with Gasteiger partial charge in [0.05, 0.1) is 6.61 Å². The number of rotatable bonds is 9. The molecule has 0 amide bonds. The molecule has 0 radical (unpaired) electrons. The molecule has 0 fully saturated rings. The quantitative estimate of drug-likeness (QED) is 0.442. The fraction of sp³-hybridized carbons (Fsp3) is 0.556. The Morgan fingerprint density at radius 2 is 1.75 bits per heavy atom. The first-order chi connectivity index (χ1) is 9.44. The van der Waals surface area contributed by atoms with Crippen LogP contribution in [0.3, 0.4) is 0 Å². The SMILES string of the molecule is C=C(C)c1ccc(OC(C)(C)OCCCCCC)cc1.